The van der Waals surface area contributed by atoms with Crippen LogP contribution in [-0.2, 0) is 11.2 Å². The number of carbonyl (C=O) groups is 1. The lowest BCUT2D eigenvalue weighted by molar-refractivity contribution is -0.137. The molecule has 16 heavy (non-hydrogen) atoms. The number of hydrogen-bond acceptors (Lipinski definition) is 2. The van der Waals surface area contributed by atoms with E-state index in [0.717, 1.165) is 0 Å². The van der Waals surface area contributed by atoms with Crippen molar-refractivity contribution in [2.24, 2.45) is 0 Å². The third-order valence-electron chi connectivity index (χ3n) is 2.05. The molecule has 0 heterocycles. The normalized spacial score (nSPS) is 10.4. The molecule has 0 unspecified atom stereocenters. The number of benzene rings is 1. The van der Waals surface area contributed by atoms with Gasteiger partial charge in [-0.15, -0.1) is 0 Å². The van der Waals surface area contributed by atoms with E-state index in [4.69, 9.17) is 10.2 Å². The molecule has 88 valence electrons. The van der Waals surface area contributed by atoms with Crippen LogP contribution in [0.15, 0.2) is 6.07 Å². The van der Waals surface area contributed by atoms with Crippen LogP contribution in [-0.4, -0.2) is 16.2 Å². The summed E-state index contributed by atoms with van der Waals surface area (Å²) in [5, 5.41) is 17.5. The number of phenols is 1. The van der Waals surface area contributed by atoms with Crippen LogP contribution in [0.4, 0.5) is 13.2 Å². The predicted molar refractivity (Wildman–Crippen MR) is 48.6 cm³/mol. The Morgan fingerprint density at radius 1 is 1.25 bits per heavy atom. The van der Waals surface area contributed by atoms with Crippen molar-refractivity contribution in [2.75, 3.05) is 0 Å². The van der Waals surface area contributed by atoms with Crippen LogP contribution >= 0.6 is 0 Å². The number of rotatable bonds is 4. The second-order valence-electron chi connectivity index (χ2n) is 3.24. The first-order chi connectivity index (χ1) is 7.43. The highest BCUT2D eigenvalue weighted by atomic mass is 19.2. The number of aromatic hydroxyl groups is 1. The monoisotopic (exact) mass is 234 g/mol. The van der Waals surface area contributed by atoms with Crippen molar-refractivity contribution in [1.29, 1.82) is 0 Å². The molecule has 0 fully saturated rings. The van der Waals surface area contributed by atoms with E-state index in [1.165, 1.54) is 0 Å². The molecule has 0 amide bonds. The van der Waals surface area contributed by atoms with E-state index in [1.54, 1.807) is 0 Å². The molecule has 0 spiro atoms. The fraction of sp³-hybridized carbons (Fsp3) is 0.300. The lowest BCUT2D eigenvalue weighted by Gasteiger charge is -2.06. The number of phenolic OH excluding ortho intramolecular Hbond substituents is 1. The number of aliphatic carboxylic acids is 1. The van der Waals surface area contributed by atoms with Gasteiger partial charge in [-0.1, -0.05) is 0 Å². The zero-order valence-electron chi connectivity index (χ0n) is 8.14. The predicted octanol–water partition coefficient (Wildman–Crippen LogP) is 2.22. The third-order valence-corrected chi connectivity index (χ3v) is 2.05. The highest BCUT2D eigenvalue weighted by Gasteiger charge is 2.17. The van der Waals surface area contributed by atoms with Crippen LogP contribution in [0.2, 0.25) is 0 Å². The lowest BCUT2D eigenvalue weighted by Crippen LogP contribution is -1.99. The maximum Gasteiger partial charge on any atom is 0.303 e. The van der Waals surface area contributed by atoms with Gasteiger partial charge in [0.2, 0.25) is 5.82 Å². The van der Waals surface area contributed by atoms with Gasteiger partial charge in [-0.2, -0.15) is 4.39 Å². The molecule has 0 atom stereocenters. The lowest BCUT2D eigenvalue weighted by atomic mass is 10.1. The first kappa shape index (κ1) is 12.4. The summed E-state index contributed by atoms with van der Waals surface area (Å²) in [5.41, 5.74) is -0.141. The van der Waals surface area contributed by atoms with Crippen molar-refractivity contribution >= 4 is 5.97 Å². The molecular formula is C10H9F3O3. The van der Waals surface area contributed by atoms with E-state index >= 15 is 0 Å². The van der Waals surface area contributed by atoms with Gasteiger partial charge in [0.15, 0.2) is 17.4 Å². The summed E-state index contributed by atoms with van der Waals surface area (Å²) in [5.74, 6) is -6.81. The van der Waals surface area contributed by atoms with Crippen LogP contribution < -0.4 is 0 Å². The topological polar surface area (TPSA) is 57.5 Å². The van der Waals surface area contributed by atoms with Gasteiger partial charge < -0.3 is 10.2 Å². The number of carboxylic acids is 1. The molecule has 3 nitrogen and oxygen atoms in total. The Labute approximate surface area is 89.1 Å². The fourth-order valence-electron chi connectivity index (χ4n) is 1.26. The SMILES string of the molecule is O=C(O)CCCc1cc(F)c(F)c(F)c1O. The van der Waals surface area contributed by atoms with E-state index in [1.807, 2.05) is 0 Å². The Bertz CT molecular complexity index is 418. The van der Waals surface area contributed by atoms with Gasteiger partial charge in [-0.25, -0.2) is 8.78 Å². The maximum absolute atomic E-state index is 12.9. The molecule has 0 saturated carbocycles. The number of aryl methyl sites for hydroxylation is 1. The summed E-state index contributed by atoms with van der Waals surface area (Å²) in [4.78, 5) is 10.2. The first-order valence-corrected chi connectivity index (χ1v) is 4.50. The van der Waals surface area contributed by atoms with Crippen molar-refractivity contribution in [2.45, 2.75) is 19.3 Å². The second-order valence-corrected chi connectivity index (χ2v) is 3.24. The zero-order valence-corrected chi connectivity index (χ0v) is 8.14. The minimum atomic E-state index is -1.74. The fourth-order valence-corrected chi connectivity index (χ4v) is 1.26. The zero-order chi connectivity index (χ0) is 12.3. The smallest absolute Gasteiger partial charge is 0.303 e. The Balaban J connectivity index is 2.85. The van der Waals surface area contributed by atoms with Crippen LogP contribution in [0.1, 0.15) is 18.4 Å². The van der Waals surface area contributed by atoms with Crippen LogP contribution in [0.25, 0.3) is 0 Å². The van der Waals surface area contributed by atoms with Gasteiger partial charge in [0.05, 0.1) is 0 Å². The molecule has 0 radical (unpaired) electrons. The molecule has 0 aromatic heterocycles. The molecule has 2 N–H and O–H groups in total. The van der Waals surface area contributed by atoms with E-state index in [2.05, 4.69) is 0 Å². The number of carboxylic acid groups (broad SMARTS) is 1. The second kappa shape index (κ2) is 4.87. The van der Waals surface area contributed by atoms with Gasteiger partial charge in [-0.3, -0.25) is 4.79 Å². The minimum absolute atomic E-state index is 0.0355. The van der Waals surface area contributed by atoms with Crippen LogP contribution in [0, 0.1) is 17.5 Å². The van der Waals surface area contributed by atoms with E-state index in [0.29, 0.717) is 6.07 Å². The van der Waals surface area contributed by atoms with E-state index in [-0.39, 0.29) is 24.8 Å². The van der Waals surface area contributed by atoms with E-state index in [9.17, 15) is 18.0 Å². The Morgan fingerprint density at radius 3 is 2.44 bits per heavy atom. The maximum atomic E-state index is 12.9. The van der Waals surface area contributed by atoms with Crippen molar-refractivity contribution in [1.82, 2.24) is 0 Å². The molecule has 1 rings (SSSR count). The van der Waals surface area contributed by atoms with Gasteiger partial charge in [0, 0.05) is 12.0 Å². The summed E-state index contributed by atoms with van der Waals surface area (Å²) in [6.07, 6.45) is -0.125. The van der Waals surface area contributed by atoms with Crippen LogP contribution in [0.3, 0.4) is 0 Å². The molecule has 0 saturated heterocycles. The molecule has 0 aliphatic carbocycles. The summed E-state index contributed by atoms with van der Waals surface area (Å²) in [6.45, 7) is 0. The molecule has 0 aliphatic rings. The molecule has 6 heteroatoms. The summed E-state index contributed by atoms with van der Waals surface area (Å²) in [6, 6.07) is 0.662. The standard InChI is InChI=1S/C10H9F3O3/c11-6-4-5(2-1-3-7(14)15)10(16)9(13)8(6)12/h4,16H,1-3H2,(H,14,15). The summed E-state index contributed by atoms with van der Waals surface area (Å²) >= 11 is 0. The van der Waals surface area contributed by atoms with Gasteiger partial charge in [-0.05, 0) is 18.9 Å². The van der Waals surface area contributed by atoms with Gasteiger partial charge >= 0.3 is 5.97 Å². The molecule has 0 bridgehead atoms. The highest BCUT2D eigenvalue weighted by molar-refractivity contribution is 5.66. The molecule has 1 aromatic carbocycles. The van der Waals surface area contributed by atoms with Crippen molar-refractivity contribution < 1.29 is 28.2 Å². The van der Waals surface area contributed by atoms with Crippen molar-refractivity contribution in [3.05, 3.63) is 29.1 Å². The minimum Gasteiger partial charge on any atom is -0.505 e. The first-order valence-electron chi connectivity index (χ1n) is 4.50. The Kier molecular flexibility index (Phi) is 3.76. The van der Waals surface area contributed by atoms with Crippen LogP contribution in [0.5, 0.6) is 5.75 Å². The molecule has 1 aromatic rings. The largest absolute Gasteiger partial charge is 0.505 e. The van der Waals surface area contributed by atoms with Gasteiger partial charge in [0.1, 0.15) is 0 Å². The third kappa shape index (κ3) is 2.65. The van der Waals surface area contributed by atoms with Crippen molar-refractivity contribution in [3.8, 4) is 5.75 Å². The quantitative estimate of drug-likeness (QED) is 0.785. The summed E-state index contributed by atoms with van der Waals surface area (Å²) in [7, 11) is 0. The summed E-state index contributed by atoms with van der Waals surface area (Å²) < 4.78 is 38.2. The Morgan fingerprint density at radius 2 is 1.88 bits per heavy atom. The highest BCUT2D eigenvalue weighted by Crippen LogP contribution is 2.27. The van der Waals surface area contributed by atoms with E-state index < -0.39 is 29.2 Å². The average Bonchev–Trinajstić information content (AvgIpc) is 2.22. The average molecular weight is 234 g/mol. The Hall–Kier alpha value is -1.72. The molecule has 0 aliphatic heterocycles. The van der Waals surface area contributed by atoms with Crippen molar-refractivity contribution in [3.63, 3.8) is 0 Å². The van der Waals surface area contributed by atoms with Gasteiger partial charge in [0.25, 0.3) is 0 Å². The number of hydrogen-bond donors (Lipinski definition) is 2. The number of halogens is 3. The molecular weight excluding hydrogens is 225 g/mol.